The van der Waals surface area contributed by atoms with Crippen molar-refractivity contribution >= 4 is 27.5 Å². The Labute approximate surface area is 164 Å². The van der Waals surface area contributed by atoms with E-state index in [1.807, 2.05) is 25.9 Å². The molecule has 2 unspecified atom stereocenters. The number of carbonyl (C=O) groups excluding carboxylic acids is 1. The van der Waals surface area contributed by atoms with Crippen molar-refractivity contribution in [2.24, 2.45) is 5.92 Å². The molecule has 148 valence electrons. The molecule has 3 rings (SSSR count). The van der Waals surface area contributed by atoms with Gasteiger partial charge in [-0.05, 0) is 58.2 Å². The number of thiophene rings is 1. The van der Waals surface area contributed by atoms with E-state index in [-0.39, 0.29) is 11.5 Å². The highest BCUT2D eigenvalue weighted by Crippen LogP contribution is 2.36. The second-order valence-electron chi connectivity index (χ2n) is 7.82. The number of rotatable bonds is 6. The number of aromatic nitrogens is 2. The molecule has 0 aromatic carbocycles. The Hall–Kier alpha value is -1.73. The number of aryl methyl sites for hydroxylation is 1. The lowest BCUT2D eigenvalue weighted by Gasteiger charge is -2.21. The van der Waals surface area contributed by atoms with E-state index < -0.39 is 6.04 Å². The molecule has 2 aromatic rings. The summed E-state index contributed by atoms with van der Waals surface area (Å²) in [5.41, 5.74) is 1.04. The fraction of sp³-hybridized carbons (Fsp3) is 0.650. The SMILES string of the molecule is CCCOC(=O)C(C)n1c(CN(C)C)nc2sc3c(c2c1=O)CCC(C)C3. The van der Waals surface area contributed by atoms with E-state index in [0.717, 1.165) is 36.1 Å². The second kappa shape index (κ2) is 8.10. The summed E-state index contributed by atoms with van der Waals surface area (Å²) >= 11 is 1.64. The summed E-state index contributed by atoms with van der Waals surface area (Å²) in [5.74, 6) is 0.875. The van der Waals surface area contributed by atoms with Crippen molar-refractivity contribution in [1.82, 2.24) is 14.5 Å². The molecule has 2 atom stereocenters. The standard InChI is InChI=1S/C20H29N3O3S/c1-6-9-26-20(25)13(3)23-16(11-22(4)5)21-18-17(19(23)24)14-8-7-12(2)10-15(14)27-18/h12-13H,6-11H2,1-5H3. The predicted octanol–water partition coefficient (Wildman–Crippen LogP) is 3.16. The predicted molar refractivity (Wildman–Crippen MR) is 108 cm³/mol. The zero-order valence-corrected chi connectivity index (χ0v) is 17.7. The number of hydrogen-bond donors (Lipinski definition) is 0. The van der Waals surface area contributed by atoms with Gasteiger partial charge >= 0.3 is 5.97 Å². The lowest BCUT2D eigenvalue weighted by molar-refractivity contribution is -0.147. The monoisotopic (exact) mass is 391 g/mol. The van der Waals surface area contributed by atoms with Crippen LogP contribution in [-0.2, 0) is 28.9 Å². The van der Waals surface area contributed by atoms with Gasteiger partial charge in [0, 0.05) is 4.88 Å². The first kappa shape index (κ1) is 20.0. The van der Waals surface area contributed by atoms with E-state index in [0.29, 0.717) is 30.3 Å². The van der Waals surface area contributed by atoms with Crippen LogP contribution < -0.4 is 5.56 Å². The van der Waals surface area contributed by atoms with Gasteiger partial charge in [-0.3, -0.25) is 9.36 Å². The van der Waals surface area contributed by atoms with Crippen LogP contribution in [0.1, 0.15) is 55.9 Å². The van der Waals surface area contributed by atoms with Gasteiger partial charge < -0.3 is 9.64 Å². The van der Waals surface area contributed by atoms with Crippen molar-refractivity contribution in [1.29, 1.82) is 0 Å². The third kappa shape index (κ3) is 3.94. The van der Waals surface area contributed by atoms with Crippen LogP contribution in [0.4, 0.5) is 0 Å². The van der Waals surface area contributed by atoms with E-state index in [2.05, 4.69) is 6.92 Å². The first-order valence-electron chi connectivity index (χ1n) is 9.70. The maximum absolute atomic E-state index is 13.5. The Morgan fingerprint density at radius 1 is 1.44 bits per heavy atom. The molecule has 2 aromatic heterocycles. The maximum Gasteiger partial charge on any atom is 0.329 e. The lowest BCUT2D eigenvalue weighted by Crippen LogP contribution is -2.34. The van der Waals surface area contributed by atoms with Crippen molar-refractivity contribution in [2.45, 2.75) is 59.0 Å². The molecular formula is C20H29N3O3S. The van der Waals surface area contributed by atoms with Crippen molar-refractivity contribution in [3.05, 3.63) is 26.6 Å². The molecule has 0 radical (unpaired) electrons. The minimum absolute atomic E-state index is 0.107. The van der Waals surface area contributed by atoms with Gasteiger partial charge in [0.2, 0.25) is 0 Å². The van der Waals surface area contributed by atoms with Gasteiger partial charge in [0.15, 0.2) is 0 Å². The van der Waals surface area contributed by atoms with Gasteiger partial charge in [0.25, 0.3) is 5.56 Å². The topological polar surface area (TPSA) is 64.4 Å². The van der Waals surface area contributed by atoms with Gasteiger partial charge in [0.05, 0.1) is 18.5 Å². The van der Waals surface area contributed by atoms with E-state index in [9.17, 15) is 9.59 Å². The van der Waals surface area contributed by atoms with Crippen molar-refractivity contribution < 1.29 is 9.53 Å². The molecule has 0 fully saturated rings. The van der Waals surface area contributed by atoms with Crippen LogP contribution in [0.3, 0.4) is 0 Å². The van der Waals surface area contributed by atoms with Crippen LogP contribution in [0, 0.1) is 5.92 Å². The first-order chi connectivity index (χ1) is 12.8. The molecule has 2 heterocycles. The number of carbonyl (C=O) groups is 1. The van der Waals surface area contributed by atoms with Crippen molar-refractivity contribution in [2.75, 3.05) is 20.7 Å². The fourth-order valence-electron chi connectivity index (χ4n) is 3.67. The Bertz CT molecular complexity index is 900. The lowest BCUT2D eigenvalue weighted by atomic mass is 9.89. The largest absolute Gasteiger partial charge is 0.464 e. The van der Waals surface area contributed by atoms with Gasteiger partial charge in [0.1, 0.15) is 16.7 Å². The van der Waals surface area contributed by atoms with Gasteiger partial charge in [-0.25, -0.2) is 9.78 Å². The van der Waals surface area contributed by atoms with Crippen LogP contribution in [0.2, 0.25) is 0 Å². The highest BCUT2D eigenvalue weighted by atomic mass is 32.1. The van der Waals surface area contributed by atoms with Crippen LogP contribution >= 0.6 is 11.3 Å². The van der Waals surface area contributed by atoms with Crippen LogP contribution in [0.5, 0.6) is 0 Å². The van der Waals surface area contributed by atoms with Crippen LogP contribution in [0.15, 0.2) is 4.79 Å². The smallest absolute Gasteiger partial charge is 0.329 e. The highest BCUT2D eigenvalue weighted by Gasteiger charge is 2.28. The molecule has 0 bridgehead atoms. The average molecular weight is 392 g/mol. The molecule has 1 aliphatic rings. The summed E-state index contributed by atoms with van der Waals surface area (Å²) in [6, 6.07) is -0.686. The van der Waals surface area contributed by atoms with Gasteiger partial charge in [-0.15, -0.1) is 11.3 Å². The van der Waals surface area contributed by atoms with E-state index in [4.69, 9.17) is 9.72 Å². The van der Waals surface area contributed by atoms with E-state index >= 15 is 0 Å². The molecule has 0 saturated heterocycles. The fourth-order valence-corrected chi connectivity index (χ4v) is 5.06. The Kier molecular flexibility index (Phi) is 6.01. The average Bonchev–Trinajstić information content (AvgIpc) is 2.96. The molecule has 27 heavy (non-hydrogen) atoms. The maximum atomic E-state index is 13.5. The quantitative estimate of drug-likeness (QED) is 0.708. The normalized spacial score (nSPS) is 17.9. The van der Waals surface area contributed by atoms with Crippen LogP contribution in [-0.4, -0.2) is 41.1 Å². The molecule has 0 N–H and O–H groups in total. The summed E-state index contributed by atoms with van der Waals surface area (Å²) < 4.78 is 6.85. The van der Waals surface area contributed by atoms with Gasteiger partial charge in [-0.2, -0.15) is 0 Å². The molecule has 1 aliphatic carbocycles. The molecular weight excluding hydrogens is 362 g/mol. The van der Waals surface area contributed by atoms with Gasteiger partial charge in [-0.1, -0.05) is 13.8 Å². The summed E-state index contributed by atoms with van der Waals surface area (Å²) in [5, 5.41) is 0.708. The molecule has 7 heteroatoms. The first-order valence-corrected chi connectivity index (χ1v) is 10.5. The highest BCUT2D eigenvalue weighted by molar-refractivity contribution is 7.18. The molecule has 0 aliphatic heterocycles. The Balaban J connectivity index is 2.16. The number of esters is 1. The third-order valence-electron chi connectivity index (χ3n) is 5.07. The Morgan fingerprint density at radius 3 is 2.85 bits per heavy atom. The minimum atomic E-state index is -0.686. The van der Waals surface area contributed by atoms with E-state index in [1.165, 1.54) is 4.88 Å². The van der Waals surface area contributed by atoms with Crippen molar-refractivity contribution in [3.63, 3.8) is 0 Å². The summed E-state index contributed by atoms with van der Waals surface area (Å²) in [4.78, 5) is 34.8. The molecule has 6 nitrogen and oxygen atoms in total. The number of fused-ring (bicyclic) bond motifs is 3. The molecule has 0 amide bonds. The van der Waals surface area contributed by atoms with Crippen molar-refractivity contribution in [3.8, 4) is 0 Å². The number of ether oxygens (including phenoxy) is 1. The van der Waals surface area contributed by atoms with Crippen LogP contribution in [0.25, 0.3) is 10.2 Å². The summed E-state index contributed by atoms with van der Waals surface area (Å²) in [6.45, 7) is 6.79. The summed E-state index contributed by atoms with van der Waals surface area (Å²) in [7, 11) is 3.86. The minimum Gasteiger partial charge on any atom is -0.464 e. The Morgan fingerprint density at radius 2 is 2.19 bits per heavy atom. The molecule has 0 saturated carbocycles. The van der Waals surface area contributed by atoms with E-state index in [1.54, 1.807) is 22.8 Å². The number of nitrogens with zero attached hydrogens (tertiary/aromatic N) is 3. The zero-order valence-electron chi connectivity index (χ0n) is 16.9. The zero-order chi connectivity index (χ0) is 19.7. The second-order valence-corrected chi connectivity index (χ2v) is 8.90. The summed E-state index contributed by atoms with van der Waals surface area (Å²) in [6.07, 6.45) is 3.76. The number of hydrogen-bond acceptors (Lipinski definition) is 6. The molecule has 0 spiro atoms. The third-order valence-corrected chi connectivity index (χ3v) is 6.22.